The smallest absolute Gasteiger partial charge is 0.335 e. The fraction of sp³-hybridized carbons (Fsp3) is 0.208. The standard InChI is InChI=1S/C24H21ClN2O5/c1-3-5-13-31-19-9-7-18(8-10-19)27-23(29)20(22(28)26-24(27)30)15-16-14-17(25)6-11-21(16)32-12-4-2/h2,6-11,14-15H,3,5,12-13H2,1H3,(H,26,28,30)/b20-15-. The van der Waals surface area contributed by atoms with Crippen molar-refractivity contribution in [1.29, 1.82) is 0 Å². The van der Waals surface area contributed by atoms with E-state index >= 15 is 0 Å². The fourth-order valence-electron chi connectivity index (χ4n) is 2.96. The average molecular weight is 453 g/mol. The lowest BCUT2D eigenvalue weighted by Crippen LogP contribution is -2.54. The molecular formula is C24H21ClN2O5. The van der Waals surface area contributed by atoms with Crippen molar-refractivity contribution in [2.45, 2.75) is 19.8 Å². The average Bonchev–Trinajstić information content (AvgIpc) is 2.77. The monoisotopic (exact) mass is 452 g/mol. The number of rotatable bonds is 8. The van der Waals surface area contributed by atoms with Crippen LogP contribution in [-0.4, -0.2) is 31.1 Å². The maximum absolute atomic E-state index is 13.1. The topological polar surface area (TPSA) is 84.9 Å². The molecule has 4 amide bonds. The van der Waals surface area contributed by atoms with Gasteiger partial charge in [-0.25, -0.2) is 9.69 Å². The zero-order chi connectivity index (χ0) is 23.1. The fourth-order valence-corrected chi connectivity index (χ4v) is 3.14. The minimum atomic E-state index is -0.841. The van der Waals surface area contributed by atoms with Crippen molar-refractivity contribution in [1.82, 2.24) is 5.32 Å². The van der Waals surface area contributed by atoms with Gasteiger partial charge in [-0.1, -0.05) is 30.9 Å². The molecule has 2 aromatic rings. The first-order valence-electron chi connectivity index (χ1n) is 9.94. The molecule has 32 heavy (non-hydrogen) atoms. The van der Waals surface area contributed by atoms with E-state index in [-0.39, 0.29) is 12.2 Å². The van der Waals surface area contributed by atoms with Crippen LogP contribution in [0.4, 0.5) is 10.5 Å². The summed E-state index contributed by atoms with van der Waals surface area (Å²) in [5.41, 5.74) is 0.421. The number of carbonyl (C=O) groups is 3. The summed E-state index contributed by atoms with van der Waals surface area (Å²) in [5.74, 6) is 1.72. The molecule has 1 saturated heterocycles. The lowest BCUT2D eigenvalue weighted by atomic mass is 10.1. The van der Waals surface area contributed by atoms with Crippen LogP contribution in [0.25, 0.3) is 6.08 Å². The largest absolute Gasteiger partial charge is 0.494 e. The molecule has 0 bridgehead atoms. The van der Waals surface area contributed by atoms with Gasteiger partial charge < -0.3 is 9.47 Å². The number of barbiturate groups is 1. The van der Waals surface area contributed by atoms with Crippen LogP contribution in [0.2, 0.25) is 5.02 Å². The van der Waals surface area contributed by atoms with Crippen LogP contribution < -0.4 is 19.7 Å². The van der Waals surface area contributed by atoms with E-state index < -0.39 is 17.8 Å². The highest BCUT2D eigenvalue weighted by atomic mass is 35.5. The van der Waals surface area contributed by atoms with Crippen LogP contribution in [0.3, 0.4) is 0 Å². The van der Waals surface area contributed by atoms with Gasteiger partial charge in [0.25, 0.3) is 11.8 Å². The molecule has 1 fully saturated rings. The van der Waals surface area contributed by atoms with Gasteiger partial charge in [-0.2, -0.15) is 0 Å². The quantitative estimate of drug-likeness (QED) is 0.281. The van der Waals surface area contributed by atoms with Gasteiger partial charge in [-0.15, -0.1) is 6.42 Å². The molecule has 0 unspecified atom stereocenters. The molecular weight excluding hydrogens is 432 g/mol. The Morgan fingerprint density at radius 1 is 1.12 bits per heavy atom. The van der Waals surface area contributed by atoms with Crippen molar-refractivity contribution in [2.75, 3.05) is 18.1 Å². The Morgan fingerprint density at radius 3 is 2.56 bits per heavy atom. The van der Waals surface area contributed by atoms with Gasteiger partial charge in [0.05, 0.1) is 12.3 Å². The van der Waals surface area contributed by atoms with Crippen LogP contribution in [0.1, 0.15) is 25.3 Å². The molecule has 0 spiro atoms. The van der Waals surface area contributed by atoms with Gasteiger partial charge >= 0.3 is 6.03 Å². The third-order valence-corrected chi connectivity index (χ3v) is 4.78. The number of halogens is 1. The number of anilines is 1. The molecule has 1 aliphatic heterocycles. The highest BCUT2D eigenvalue weighted by Crippen LogP contribution is 2.28. The van der Waals surface area contributed by atoms with Crippen LogP contribution >= 0.6 is 11.6 Å². The van der Waals surface area contributed by atoms with Crippen molar-refractivity contribution in [2.24, 2.45) is 0 Å². The SMILES string of the molecule is C#CCOc1ccc(Cl)cc1/C=C1/C(=O)NC(=O)N(c2ccc(OCCCC)cc2)C1=O. The van der Waals surface area contributed by atoms with Crippen molar-refractivity contribution in [3.05, 3.63) is 58.6 Å². The van der Waals surface area contributed by atoms with Crippen molar-refractivity contribution in [3.8, 4) is 23.8 Å². The molecule has 0 aromatic heterocycles. The van der Waals surface area contributed by atoms with E-state index in [9.17, 15) is 14.4 Å². The van der Waals surface area contributed by atoms with Crippen LogP contribution in [0, 0.1) is 12.3 Å². The predicted molar refractivity (Wildman–Crippen MR) is 122 cm³/mol. The molecule has 0 aliphatic carbocycles. The Bertz CT molecular complexity index is 1100. The van der Waals surface area contributed by atoms with Gasteiger partial charge in [0.1, 0.15) is 23.7 Å². The number of carbonyl (C=O) groups excluding carboxylic acids is 3. The summed E-state index contributed by atoms with van der Waals surface area (Å²) in [6.07, 6.45) is 8.48. The van der Waals surface area contributed by atoms with Crippen molar-refractivity contribution < 1.29 is 23.9 Å². The molecule has 0 radical (unpaired) electrons. The number of ether oxygens (including phenoxy) is 2. The minimum Gasteiger partial charge on any atom is -0.494 e. The van der Waals surface area contributed by atoms with Gasteiger partial charge in [-0.3, -0.25) is 14.9 Å². The summed E-state index contributed by atoms with van der Waals surface area (Å²) >= 11 is 6.06. The second-order valence-electron chi connectivity index (χ2n) is 6.83. The number of nitrogens with one attached hydrogen (secondary N) is 1. The summed E-state index contributed by atoms with van der Waals surface area (Å²) in [5, 5.41) is 2.56. The number of nitrogens with zero attached hydrogens (tertiary/aromatic N) is 1. The van der Waals surface area contributed by atoms with E-state index in [2.05, 4.69) is 18.2 Å². The molecule has 1 aliphatic rings. The van der Waals surface area contributed by atoms with E-state index in [1.54, 1.807) is 36.4 Å². The maximum Gasteiger partial charge on any atom is 0.335 e. The van der Waals surface area contributed by atoms with E-state index in [1.807, 2.05) is 0 Å². The Balaban J connectivity index is 1.91. The van der Waals surface area contributed by atoms with Crippen LogP contribution in [-0.2, 0) is 9.59 Å². The Hall–Kier alpha value is -3.76. The molecule has 2 aromatic carbocycles. The summed E-state index contributed by atoms with van der Waals surface area (Å²) in [7, 11) is 0. The normalized spacial score (nSPS) is 14.8. The molecule has 0 saturated carbocycles. The van der Waals surface area contributed by atoms with E-state index in [4.69, 9.17) is 27.5 Å². The third kappa shape index (κ3) is 5.29. The van der Waals surface area contributed by atoms with Gasteiger partial charge in [0.15, 0.2) is 0 Å². The lowest BCUT2D eigenvalue weighted by Gasteiger charge is -2.26. The van der Waals surface area contributed by atoms with Gasteiger partial charge in [0.2, 0.25) is 0 Å². The maximum atomic E-state index is 13.1. The van der Waals surface area contributed by atoms with Crippen molar-refractivity contribution >= 4 is 41.2 Å². The first kappa shape index (κ1) is 22.9. The second-order valence-corrected chi connectivity index (χ2v) is 7.27. The molecule has 8 heteroatoms. The van der Waals surface area contributed by atoms with E-state index in [0.717, 1.165) is 17.7 Å². The summed E-state index contributed by atoms with van der Waals surface area (Å²) in [6, 6.07) is 10.3. The number of hydrogen-bond acceptors (Lipinski definition) is 5. The number of imide groups is 2. The Morgan fingerprint density at radius 2 is 1.88 bits per heavy atom. The molecule has 164 valence electrons. The minimum absolute atomic E-state index is 0.00473. The predicted octanol–water partition coefficient (Wildman–Crippen LogP) is 4.20. The number of hydrogen-bond donors (Lipinski definition) is 1. The highest BCUT2D eigenvalue weighted by Gasteiger charge is 2.37. The summed E-state index contributed by atoms with van der Waals surface area (Å²) in [6.45, 7) is 2.63. The molecule has 7 nitrogen and oxygen atoms in total. The van der Waals surface area contributed by atoms with E-state index in [0.29, 0.717) is 34.4 Å². The first-order valence-corrected chi connectivity index (χ1v) is 10.3. The van der Waals surface area contributed by atoms with E-state index in [1.165, 1.54) is 12.1 Å². The lowest BCUT2D eigenvalue weighted by molar-refractivity contribution is -0.122. The zero-order valence-corrected chi connectivity index (χ0v) is 18.1. The number of terminal acetylenes is 1. The highest BCUT2D eigenvalue weighted by molar-refractivity contribution is 6.39. The van der Waals surface area contributed by atoms with Crippen LogP contribution in [0.5, 0.6) is 11.5 Å². The summed E-state index contributed by atoms with van der Waals surface area (Å²) < 4.78 is 11.1. The van der Waals surface area contributed by atoms with Crippen molar-refractivity contribution in [3.63, 3.8) is 0 Å². The number of unbranched alkanes of at least 4 members (excludes halogenated alkanes) is 1. The number of urea groups is 1. The number of amides is 4. The number of benzene rings is 2. The summed E-state index contributed by atoms with van der Waals surface area (Å²) in [4.78, 5) is 38.8. The molecule has 3 rings (SSSR count). The van der Waals surface area contributed by atoms with Gasteiger partial charge in [0, 0.05) is 10.6 Å². The second kappa shape index (κ2) is 10.5. The van der Waals surface area contributed by atoms with Gasteiger partial charge in [-0.05, 0) is 55.0 Å². The van der Waals surface area contributed by atoms with Crippen LogP contribution in [0.15, 0.2) is 48.0 Å². The molecule has 1 N–H and O–H groups in total. The molecule has 0 atom stereocenters. The zero-order valence-electron chi connectivity index (χ0n) is 17.4. The third-order valence-electron chi connectivity index (χ3n) is 4.55. The first-order chi connectivity index (χ1) is 15.4. The molecule has 1 heterocycles. The Labute approximate surface area is 190 Å². The Kier molecular flexibility index (Phi) is 7.53.